The van der Waals surface area contributed by atoms with E-state index in [0.29, 0.717) is 12.0 Å². The molecule has 3 aliphatic rings. The number of carbonyl (C=O) groups excluding carboxylic acids is 1. The number of nitrogens with one attached hydrogen (secondary N) is 1. The molecule has 1 aromatic heterocycles. The highest BCUT2D eigenvalue weighted by Crippen LogP contribution is 2.35. The van der Waals surface area contributed by atoms with Crippen molar-refractivity contribution in [3.63, 3.8) is 0 Å². The summed E-state index contributed by atoms with van der Waals surface area (Å²) in [4.78, 5) is 20.9. The summed E-state index contributed by atoms with van der Waals surface area (Å²) in [5, 5.41) is 3.19. The number of hydrogen-bond donors (Lipinski definition) is 1. The maximum absolute atomic E-state index is 12.8. The van der Waals surface area contributed by atoms with E-state index in [4.69, 9.17) is 9.47 Å². The first-order valence-corrected chi connectivity index (χ1v) is 10.2. The van der Waals surface area contributed by atoms with Gasteiger partial charge in [-0.3, -0.25) is 9.69 Å². The lowest BCUT2D eigenvalue weighted by molar-refractivity contribution is -0.128. The molecule has 7 heteroatoms. The van der Waals surface area contributed by atoms with E-state index in [1.165, 1.54) is 4.88 Å². The molecule has 4 heterocycles. The fourth-order valence-electron chi connectivity index (χ4n) is 4.27. The van der Waals surface area contributed by atoms with Crippen LogP contribution >= 0.6 is 11.3 Å². The molecule has 1 aromatic rings. The molecule has 3 saturated heterocycles. The fourth-order valence-corrected chi connectivity index (χ4v) is 5.07. The van der Waals surface area contributed by atoms with Gasteiger partial charge in [-0.05, 0) is 32.1 Å². The molecule has 138 valence electrons. The van der Waals surface area contributed by atoms with Crippen molar-refractivity contribution in [2.75, 3.05) is 32.9 Å². The SMILES string of the molecule is Cc1ncsc1CN1C[C@H](C(=O)NCC2CCOCC2)[C@H]2OCC[C@H]21. The normalized spacial score (nSPS) is 30.5. The van der Waals surface area contributed by atoms with Crippen LogP contribution in [-0.4, -0.2) is 60.8 Å². The van der Waals surface area contributed by atoms with Crippen LogP contribution in [0.15, 0.2) is 5.51 Å². The highest BCUT2D eigenvalue weighted by molar-refractivity contribution is 7.09. The first-order chi connectivity index (χ1) is 12.2. The zero-order chi connectivity index (χ0) is 17.2. The smallest absolute Gasteiger partial charge is 0.227 e. The molecule has 1 N–H and O–H groups in total. The summed E-state index contributed by atoms with van der Waals surface area (Å²) in [7, 11) is 0. The summed E-state index contributed by atoms with van der Waals surface area (Å²) in [5.41, 5.74) is 3.01. The van der Waals surface area contributed by atoms with Gasteiger partial charge >= 0.3 is 0 Å². The molecule has 25 heavy (non-hydrogen) atoms. The van der Waals surface area contributed by atoms with Gasteiger partial charge in [-0.15, -0.1) is 11.3 Å². The van der Waals surface area contributed by atoms with Crippen molar-refractivity contribution in [1.82, 2.24) is 15.2 Å². The molecular formula is C18H27N3O3S. The molecule has 6 nitrogen and oxygen atoms in total. The molecule has 0 saturated carbocycles. The maximum atomic E-state index is 12.8. The zero-order valence-corrected chi connectivity index (χ0v) is 15.6. The summed E-state index contributed by atoms with van der Waals surface area (Å²) < 4.78 is 11.3. The Hall–Kier alpha value is -1.02. The van der Waals surface area contributed by atoms with Crippen molar-refractivity contribution in [3.05, 3.63) is 16.1 Å². The van der Waals surface area contributed by atoms with E-state index >= 15 is 0 Å². The Kier molecular flexibility index (Phi) is 5.36. The van der Waals surface area contributed by atoms with Crippen molar-refractivity contribution in [3.8, 4) is 0 Å². The van der Waals surface area contributed by atoms with E-state index in [1.54, 1.807) is 11.3 Å². The number of carbonyl (C=O) groups is 1. The number of aromatic nitrogens is 1. The Morgan fingerprint density at radius 2 is 2.20 bits per heavy atom. The number of likely N-dealkylation sites (tertiary alicyclic amines) is 1. The lowest BCUT2D eigenvalue weighted by Gasteiger charge is -2.23. The standard InChI is InChI=1S/C18H27N3O3S/c1-12-16(25-11-20-12)10-21-9-14(17-15(21)4-7-24-17)18(22)19-8-13-2-5-23-6-3-13/h11,13-15,17H,2-10H2,1H3,(H,19,22)/t14-,15+,17+/m0/s1. The van der Waals surface area contributed by atoms with Crippen LogP contribution in [0.1, 0.15) is 29.8 Å². The lowest BCUT2D eigenvalue weighted by atomic mass is 9.98. The minimum Gasteiger partial charge on any atom is -0.381 e. The van der Waals surface area contributed by atoms with Gasteiger partial charge in [0.1, 0.15) is 0 Å². The Morgan fingerprint density at radius 3 is 2.96 bits per heavy atom. The average molecular weight is 365 g/mol. The van der Waals surface area contributed by atoms with Crippen molar-refractivity contribution < 1.29 is 14.3 Å². The third-order valence-electron chi connectivity index (χ3n) is 5.83. The van der Waals surface area contributed by atoms with Crippen molar-refractivity contribution in [2.45, 2.75) is 44.9 Å². The average Bonchev–Trinajstić information content (AvgIpc) is 3.33. The Morgan fingerprint density at radius 1 is 1.36 bits per heavy atom. The van der Waals surface area contributed by atoms with Gasteiger partial charge in [0.15, 0.2) is 0 Å². The van der Waals surface area contributed by atoms with Crippen LogP contribution in [0, 0.1) is 18.8 Å². The molecule has 0 aromatic carbocycles. The fraction of sp³-hybridized carbons (Fsp3) is 0.778. The highest BCUT2D eigenvalue weighted by atomic mass is 32.1. The van der Waals surface area contributed by atoms with E-state index in [9.17, 15) is 4.79 Å². The third-order valence-corrected chi connectivity index (χ3v) is 6.75. The first kappa shape index (κ1) is 17.4. The summed E-state index contributed by atoms with van der Waals surface area (Å²) in [6.07, 6.45) is 3.16. The van der Waals surface area contributed by atoms with Gasteiger partial charge in [0.25, 0.3) is 0 Å². The van der Waals surface area contributed by atoms with Crippen molar-refractivity contribution in [2.24, 2.45) is 11.8 Å². The van der Waals surface area contributed by atoms with Gasteiger partial charge in [0.2, 0.25) is 5.91 Å². The Bertz CT molecular complexity index is 602. The molecule has 3 atom stereocenters. The van der Waals surface area contributed by atoms with E-state index in [-0.39, 0.29) is 17.9 Å². The molecule has 0 unspecified atom stereocenters. The predicted molar refractivity (Wildman–Crippen MR) is 95.4 cm³/mol. The van der Waals surface area contributed by atoms with Crippen LogP contribution in [0.2, 0.25) is 0 Å². The summed E-state index contributed by atoms with van der Waals surface area (Å²) in [6, 6.07) is 0.361. The molecule has 3 aliphatic heterocycles. The van der Waals surface area contributed by atoms with Gasteiger partial charge in [-0.1, -0.05) is 0 Å². The largest absolute Gasteiger partial charge is 0.381 e. The van der Waals surface area contributed by atoms with E-state index in [0.717, 1.165) is 64.4 Å². The van der Waals surface area contributed by atoms with Gasteiger partial charge in [-0.2, -0.15) is 0 Å². The monoisotopic (exact) mass is 365 g/mol. The molecule has 0 aliphatic carbocycles. The van der Waals surface area contributed by atoms with Gasteiger partial charge in [0.05, 0.1) is 23.2 Å². The molecule has 0 bridgehead atoms. The molecule has 0 radical (unpaired) electrons. The number of hydrogen-bond acceptors (Lipinski definition) is 6. The van der Waals surface area contributed by atoms with Gasteiger partial charge in [-0.25, -0.2) is 4.98 Å². The topological polar surface area (TPSA) is 63.7 Å². The highest BCUT2D eigenvalue weighted by Gasteiger charge is 2.48. The van der Waals surface area contributed by atoms with E-state index < -0.39 is 0 Å². The van der Waals surface area contributed by atoms with E-state index in [2.05, 4.69) is 22.1 Å². The second-order valence-corrected chi connectivity index (χ2v) is 8.33. The number of fused-ring (bicyclic) bond motifs is 1. The van der Waals surface area contributed by atoms with Crippen molar-refractivity contribution >= 4 is 17.2 Å². The lowest BCUT2D eigenvalue weighted by Crippen LogP contribution is -2.40. The number of thiazole rings is 1. The molecule has 4 rings (SSSR count). The number of nitrogens with zero attached hydrogens (tertiary/aromatic N) is 2. The number of rotatable bonds is 5. The summed E-state index contributed by atoms with van der Waals surface area (Å²) >= 11 is 1.70. The third kappa shape index (κ3) is 3.74. The number of amides is 1. The van der Waals surface area contributed by atoms with Crippen LogP contribution < -0.4 is 5.32 Å². The van der Waals surface area contributed by atoms with Crippen LogP contribution in [0.3, 0.4) is 0 Å². The minimum absolute atomic E-state index is 0.0444. The van der Waals surface area contributed by atoms with Crippen molar-refractivity contribution in [1.29, 1.82) is 0 Å². The predicted octanol–water partition coefficient (Wildman–Crippen LogP) is 1.58. The summed E-state index contributed by atoms with van der Waals surface area (Å²) in [5.74, 6) is 0.655. The second-order valence-electron chi connectivity index (χ2n) is 7.39. The number of ether oxygens (including phenoxy) is 2. The molecule has 1 amide bonds. The maximum Gasteiger partial charge on any atom is 0.227 e. The zero-order valence-electron chi connectivity index (χ0n) is 14.8. The Labute approximate surface area is 152 Å². The van der Waals surface area contributed by atoms with Gasteiger partial charge in [0, 0.05) is 50.4 Å². The molecule has 3 fully saturated rings. The van der Waals surface area contributed by atoms with E-state index in [1.807, 2.05) is 5.51 Å². The van der Waals surface area contributed by atoms with Crippen LogP contribution in [-0.2, 0) is 20.8 Å². The molecule has 0 spiro atoms. The number of aryl methyl sites for hydroxylation is 1. The second kappa shape index (κ2) is 7.70. The van der Waals surface area contributed by atoms with Gasteiger partial charge < -0.3 is 14.8 Å². The summed E-state index contributed by atoms with van der Waals surface area (Å²) in [6.45, 7) is 6.89. The Balaban J connectivity index is 1.36. The van der Waals surface area contributed by atoms with Crippen LogP contribution in [0.5, 0.6) is 0 Å². The van der Waals surface area contributed by atoms with Crippen LogP contribution in [0.25, 0.3) is 0 Å². The van der Waals surface area contributed by atoms with Crippen LogP contribution in [0.4, 0.5) is 0 Å². The minimum atomic E-state index is -0.0550. The molecular weight excluding hydrogens is 338 g/mol. The quantitative estimate of drug-likeness (QED) is 0.858. The first-order valence-electron chi connectivity index (χ1n) is 9.32.